The van der Waals surface area contributed by atoms with Gasteiger partial charge in [0, 0.05) is 23.1 Å². The summed E-state index contributed by atoms with van der Waals surface area (Å²) in [5.74, 6) is 1.54. The topological polar surface area (TPSA) is 46.3 Å². The van der Waals surface area contributed by atoms with E-state index in [9.17, 15) is 0 Å². The van der Waals surface area contributed by atoms with Crippen molar-refractivity contribution in [3.63, 3.8) is 0 Å². The standard InChI is InChI=1S/C22H26N2O2/c1-12-8-14(3)20-15-6-7-23-21(22(15)24-17(20)9-12)16-11-19(26-5)18(25-4)10-13(16)2/h8-11,21,23-24H,6-7H2,1-5H3. The average molecular weight is 350 g/mol. The van der Waals surface area contributed by atoms with Gasteiger partial charge in [0.05, 0.1) is 20.3 Å². The third-order valence-electron chi connectivity index (χ3n) is 5.47. The Morgan fingerprint density at radius 2 is 1.65 bits per heavy atom. The van der Waals surface area contributed by atoms with Crippen LogP contribution in [0.2, 0.25) is 0 Å². The lowest BCUT2D eigenvalue weighted by Gasteiger charge is -2.27. The van der Waals surface area contributed by atoms with E-state index < -0.39 is 0 Å². The molecule has 2 aromatic carbocycles. The summed E-state index contributed by atoms with van der Waals surface area (Å²) in [4.78, 5) is 3.71. The molecule has 1 atom stereocenters. The van der Waals surface area contributed by atoms with E-state index in [1.54, 1.807) is 14.2 Å². The second-order valence-corrected chi connectivity index (χ2v) is 7.22. The molecule has 2 heterocycles. The molecule has 0 saturated carbocycles. The summed E-state index contributed by atoms with van der Waals surface area (Å²) in [6.07, 6.45) is 1.04. The number of aromatic nitrogens is 1. The molecule has 1 unspecified atom stereocenters. The maximum Gasteiger partial charge on any atom is 0.161 e. The summed E-state index contributed by atoms with van der Waals surface area (Å²) in [5, 5.41) is 5.07. The maximum absolute atomic E-state index is 5.54. The molecule has 2 N–H and O–H groups in total. The minimum atomic E-state index is 0.130. The van der Waals surface area contributed by atoms with E-state index in [4.69, 9.17) is 9.47 Å². The van der Waals surface area contributed by atoms with Crippen LogP contribution in [-0.2, 0) is 6.42 Å². The van der Waals surface area contributed by atoms with E-state index in [0.717, 1.165) is 24.5 Å². The van der Waals surface area contributed by atoms with Crippen LogP contribution < -0.4 is 14.8 Å². The molecule has 0 radical (unpaired) electrons. The van der Waals surface area contributed by atoms with E-state index >= 15 is 0 Å². The Balaban J connectivity index is 1.90. The molecule has 26 heavy (non-hydrogen) atoms. The lowest BCUT2D eigenvalue weighted by molar-refractivity contribution is 0.353. The molecule has 0 bridgehead atoms. The molecule has 0 spiro atoms. The van der Waals surface area contributed by atoms with Crippen LogP contribution in [0.1, 0.15) is 39.6 Å². The SMILES string of the molecule is COc1cc(C)c(C2NCCc3c2[nH]c2cc(C)cc(C)c32)cc1OC. The first-order chi connectivity index (χ1) is 12.5. The van der Waals surface area contributed by atoms with E-state index in [1.807, 2.05) is 0 Å². The summed E-state index contributed by atoms with van der Waals surface area (Å²) in [6, 6.07) is 8.81. The number of fused-ring (bicyclic) bond motifs is 3. The molecule has 1 aliphatic rings. The minimum Gasteiger partial charge on any atom is -0.493 e. The van der Waals surface area contributed by atoms with Gasteiger partial charge in [0.2, 0.25) is 0 Å². The van der Waals surface area contributed by atoms with Gasteiger partial charge in [-0.3, -0.25) is 0 Å². The fraction of sp³-hybridized carbons (Fsp3) is 0.364. The fourth-order valence-corrected chi connectivity index (χ4v) is 4.34. The first kappa shape index (κ1) is 17.0. The van der Waals surface area contributed by atoms with Gasteiger partial charge in [-0.25, -0.2) is 0 Å². The molecule has 136 valence electrons. The highest BCUT2D eigenvalue weighted by molar-refractivity contribution is 5.89. The van der Waals surface area contributed by atoms with Gasteiger partial charge in [0.25, 0.3) is 0 Å². The monoisotopic (exact) mass is 350 g/mol. The third-order valence-corrected chi connectivity index (χ3v) is 5.47. The minimum absolute atomic E-state index is 0.130. The van der Waals surface area contributed by atoms with Crippen LogP contribution in [0.5, 0.6) is 11.5 Å². The molecule has 1 aromatic heterocycles. The third kappa shape index (κ3) is 2.56. The Bertz CT molecular complexity index is 988. The number of H-pyrrole nitrogens is 1. The van der Waals surface area contributed by atoms with Crippen LogP contribution in [0.15, 0.2) is 24.3 Å². The average Bonchev–Trinajstić information content (AvgIpc) is 2.99. The molecular formula is C22H26N2O2. The number of benzene rings is 2. The molecule has 0 saturated heterocycles. The molecule has 0 amide bonds. The van der Waals surface area contributed by atoms with Crippen LogP contribution in [-0.4, -0.2) is 25.7 Å². The van der Waals surface area contributed by atoms with Crippen molar-refractivity contribution in [2.45, 2.75) is 33.2 Å². The molecule has 4 rings (SSSR count). The van der Waals surface area contributed by atoms with Crippen molar-refractivity contribution < 1.29 is 9.47 Å². The number of nitrogens with one attached hydrogen (secondary N) is 2. The zero-order valence-electron chi connectivity index (χ0n) is 16.1. The first-order valence-corrected chi connectivity index (χ1v) is 9.11. The number of methoxy groups -OCH3 is 2. The summed E-state index contributed by atoms with van der Waals surface area (Å²) >= 11 is 0. The predicted molar refractivity (Wildman–Crippen MR) is 106 cm³/mol. The van der Waals surface area contributed by atoms with Crippen molar-refractivity contribution in [2.75, 3.05) is 20.8 Å². The number of ether oxygens (including phenoxy) is 2. The molecule has 4 heteroatoms. The number of hydrogen-bond donors (Lipinski definition) is 2. The van der Waals surface area contributed by atoms with Crippen LogP contribution in [0.4, 0.5) is 0 Å². The summed E-state index contributed by atoms with van der Waals surface area (Å²) in [5.41, 5.74) is 9.01. The van der Waals surface area contributed by atoms with Crippen LogP contribution in [0.3, 0.4) is 0 Å². The maximum atomic E-state index is 5.54. The van der Waals surface area contributed by atoms with E-state index in [-0.39, 0.29) is 6.04 Å². The van der Waals surface area contributed by atoms with Gasteiger partial charge in [-0.15, -0.1) is 0 Å². The second-order valence-electron chi connectivity index (χ2n) is 7.22. The first-order valence-electron chi connectivity index (χ1n) is 9.11. The van der Waals surface area contributed by atoms with Crippen molar-refractivity contribution in [3.05, 3.63) is 57.8 Å². The highest BCUT2D eigenvalue weighted by atomic mass is 16.5. The Labute approximate surface area is 154 Å². The number of aryl methyl sites for hydroxylation is 3. The number of hydrogen-bond acceptors (Lipinski definition) is 3. The molecule has 1 aliphatic heterocycles. The lowest BCUT2D eigenvalue weighted by atomic mass is 9.90. The molecule has 3 aromatic rings. The zero-order valence-corrected chi connectivity index (χ0v) is 16.1. The van der Waals surface area contributed by atoms with Gasteiger partial charge in [-0.05, 0) is 73.2 Å². The van der Waals surface area contributed by atoms with Gasteiger partial charge < -0.3 is 19.8 Å². The Kier molecular flexibility index (Phi) is 4.16. The summed E-state index contributed by atoms with van der Waals surface area (Å²) < 4.78 is 11.0. The highest BCUT2D eigenvalue weighted by Gasteiger charge is 2.28. The largest absolute Gasteiger partial charge is 0.493 e. The van der Waals surface area contributed by atoms with Gasteiger partial charge in [0.15, 0.2) is 11.5 Å². The van der Waals surface area contributed by atoms with Crippen LogP contribution >= 0.6 is 0 Å². The normalized spacial score (nSPS) is 16.6. The smallest absolute Gasteiger partial charge is 0.161 e. The predicted octanol–water partition coefficient (Wildman–Crippen LogP) is 4.35. The van der Waals surface area contributed by atoms with Crippen molar-refractivity contribution in [1.29, 1.82) is 0 Å². The Morgan fingerprint density at radius 1 is 0.923 bits per heavy atom. The molecule has 0 aliphatic carbocycles. The second kappa shape index (κ2) is 6.36. The number of rotatable bonds is 3. The summed E-state index contributed by atoms with van der Waals surface area (Å²) in [6.45, 7) is 7.46. The Hall–Kier alpha value is -2.46. The van der Waals surface area contributed by atoms with Crippen LogP contribution in [0.25, 0.3) is 10.9 Å². The number of aromatic amines is 1. The van der Waals surface area contributed by atoms with Crippen molar-refractivity contribution >= 4 is 10.9 Å². The van der Waals surface area contributed by atoms with E-state index in [1.165, 1.54) is 44.4 Å². The van der Waals surface area contributed by atoms with Gasteiger partial charge in [-0.1, -0.05) is 6.07 Å². The van der Waals surface area contributed by atoms with Crippen molar-refractivity contribution in [1.82, 2.24) is 10.3 Å². The van der Waals surface area contributed by atoms with Crippen LogP contribution in [0, 0.1) is 20.8 Å². The van der Waals surface area contributed by atoms with Gasteiger partial charge >= 0.3 is 0 Å². The Morgan fingerprint density at radius 3 is 2.38 bits per heavy atom. The van der Waals surface area contributed by atoms with Crippen molar-refractivity contribution in [2.24, 2.45) is 0 Å². The van der Waals surface area contributed by atoms with E-state index in [2.05, 4.69) is 55.3 Å². The molecule has 4 nitrogen and oxygen atoms in total. The quantitative estimate of drug-likeness (QED) is 0.738. The van der Waals surface area contributed by atoms with Gasteiger partial charge in [0.1, 0.15) is 0 Å². The summed E-state index contributed by atoms with van der Waals surface area (Å²) in [7, 11) is 3.36. The zero-order chi connectivity index (χ0) is 18.4. The molecule has 0 fully saturated rings. The molecular weight excluding hydrogens is 324 g/mol. The highest BCUT2D eigenvalue weighted by Crippen LogP contribution is 2.39. The van der Waals surface area contributed by atoms with Gasteiger partial charge in [-0.2, -0.15) is 0 Å². The fourth-order valence-electron chi connectivity index (χ4n) is 4.34. The lowest BCUT2D eigenvalue weighted by Crippen LogP contribution is -2.31. The van der Waals surface area contributed by atoms with E-state index in [0.29, 0.717) is 0 Å². The van der Waals surface area contributed by atoms with Crippen molar-refractivity contribution in [3.8, 4) is 11.5 Å².